The van der Waals surface area contributed by atoms with Gasteiger partial charge >= 0.3 is 0 Å². The molecule has 1 amide bonds. The Morgan fingerprint density at radius 1 is 1.07 bits per heavy atom. The molecular formula is C20H25N3O4S. The molecule has 28 heavy (non-hydrogen) atoms. The summed E-state index contributed by atoms with van der Waals surface area (Å²) < 4.78 is 28.1. The molecule has 1 heterocycles. The monoisotopic (exact) mass is 403 g/mol. The van der Waals surface area contributed by atoms with Crippen molar-refractivity contribution < 1.29 is 17.9 Å². The van der Waals surface area contributed by atoms with Crippen LogP contribution in [0.15, 0.2) is 48.5 Å². The largest absolute Gasteiger partial charge is 0.497 e. The molecule has 150 valence electrons. The highest BCUT2D eigenvalue weighted by atomic mass is 32.2. The molecule has 0 aliphatic carbocycles. The number of hydrogen-bond acceptors (Lipinski definition) is 6. The predicted molar refractivity (Wildman–Crippen MR) is 110 cm³/mol. The Hall–Kier alpha value is -2.58. The first-order chi connectivity index (χ1) is 13.5. The molecule has 8 heteroatoms. The number of carbonyl (C=O) groups excluding carboxylic acids is 1. The van der Waals surface area contributed by atoms with Gasteiger partial charge in [0.05, 0.1) is 29.9 Å². The summed E-state index contributed by atoms with van der Waals surface area (Å²) >= 11 is 0. The van der Waals surface area contributed by atoms with Crippen LogP contribution >= 0.6 is 0 Å². The van der Waals surface area contributed by atoms with Crippen LogP contribution in [-0.2, 0) is 9.84 Å². The number of rotatable bonds is 7. The minimum Gasteiger partial charge on any atom is -0.497 e. The lowest BCUT2D eigenvalue weighted by Crippen LogP contribution is -2.43. The van der Waals surface area contributed by atoms with Crippen molar-refractivity contribution in [1.29, 1.82) is 0 Å². The molecular weight excluding hydrogens is 378 g/mol. The average molecular weight is 404 g/mol. The number of methoxy groups -OCH3 is 1. The summed E-state index contributed by atoms with van der Waals surface area (Å²) in [6.45, 7) is 2.15. The second-order valence-corrected chi connectivity index (χ2v) is 8.95. The summed E-state index contributed by atoms with van der Waals surface area (Å²) in [4.78, 5) is 14.7. The Kier molecular flexibility index (Phi) is 6.53. The molecule has 1 saturated heterocycles. The summed E-state index contributed by atoms with van der Waals surface area (Å²) in [5.74, 6) is 0.980. The van der Waals surface area contributed by atoms with Crippen LogP contribution in [0.2, 0.25) is 0 Å². The average Bonchev–Trinajstić information content (AvgIpc) is 2.70. The highest BCUT2D eigenvalue weighted by molar-refractivity contribution is 7.91. The van der Waals surface area contributed by atoms with E-state index >= 15 is 0 Å². The first kappa shape index (κ1) is 20.2. The van der Waals surface area contributed by atoms with Gasteiger partial charge < -0.3 is 15.4 Å². The maximum absolute atomic E-state index is 12.6. The fraction of sp³-hybridized carbons (Fsp3) is 0.350. The van der Waals surface area contributed by atoms with E-state index in [1.54, 1.807) is 13.2 Å². The minimum absolute atomic E-state index is 0.166. The van der Waals surface area contributed by atoms with Crippen LogP contribution in [-0.4, -0.2) is 64.0 Å². The molecule has 0 saturated carbocycles. The molecule has 0 spiro atoms. The van der Waals surface area contributed by atoms with Crippen molar-refractivity contribution in [3.8, 4) is 5.75 Å². The van der Waals surface area contributed by atoms with E-state index in [-0.39, 0.29) is 17.4 Å². The number of amides is 1. The Labute approximate surface area is 165 Å². The van der Waals surface area contributed by atoms with E-state index in [0.717, 1.165) is 11.4 Å². The van der Waals surface area contributed by atoms with Gasteiger partial charge in [-0.05, 0) is 36.4 Å². The molecule has 2 aromatic carbocycles. The lowest BCUT2D eigenvalue weighted by Gasteiger charge is -2.26. The molecule has 0 unspecified atom stereocenters. The van der Waals surface area contributed by atoms with E-state index in [1.807, 2.05) is 42.5 Å². The maximum Gasteiger partial charge on any atom is 0.253 e. The highest BCUT2D eigenvalue weighted by Gasteiger charge is 2.21. The number of anilines is 2. The summed E-state index contributed by atoms with van der Waals surface area (Å²) in [6, 6.07) is 14.8. The molecule has 3 rings (SSSR count). The number of sulfone groups is 1. The zero-order valence-electron chi connectivity index (χ0n) is 15.8. The first-order valence-electron chi connectivity index (χ1n) is 9.18. The van der Waals surface area contributed by atoms with Gasteiger partial charge in [-0.25, -0.2) is 8.42 Å². The quantitative estimate of drug-likeness (QED) is 0.734. The van der Waals surface area contributed by atoms with Crippen molar-refractivity contribution in [2.75, 3.05) is 50.1 Å². The van der Waals surface area contributed by atoms with Crippen LogP contribution < -0.4 is 15.4 Å². The van der Waals surface area contributed by atoms with Gasteiger partial charge in [-0.15, -0.1) is 0 Å². The van der Waals surface area contributed by atoms with Crippen molar-refractivity contribution >= 4 is 27.1 Å². The Balaban J connectivity index is 1.56. The van der Waals surface area contributed by atoms with Gasteiger partial charge in [0.15, 0.2) is 9.84 Å². The van der Waals surface area contributed by atoms with Crippen LogP contribution in [0.5, 0.6) is 5.75 Å². The van der Waals surface area contributed by atoms with Crippen LogP contribution in [0.3, 0.4) is 0 Å². The van der Waals surface area contributed by atoms with Gasteiger partial charge in [0.2, 0.25) is 0 Å². The van der Waals surface area contributed by atoms with Crippen molar-refractivity contribution in [2.45, 2.75) is 0 Å². The zero-order valence-corrected chi connectivity index (χ0v) is 16.7. The number of nitrogens with one attached hydrogen (secondary N) is 2. The van der Waals surface area contributed by atoms with E-state index in [4.69, 9.17) is 4.74 Å². The fourth-order valence-electron chi connectivity index (χ4n) is 3.02. The van der Waals surface area contributed by atoms with Gasteiger partial charge in [-0.2, -0.15) is 0 Å². The first-order valence-corrected chi connectivity index (χ1v) is 11.0. The molecule has 0 bridgehead atoms. The van der Waals surface area contributed by atoms with Crippen molar-refractivity contribution in [3.05, 3.63) is 54.1 Å². The molecule has 2 aromatic rings. The van der Waals surface area contributed by atoms with Crippen LogP contribution in [0.1, 0.15) is 10.4 Å². The topological polar surface area (TPSA) is 87.7 Å². The fourth-order valence-corrected chi connectivity index (χ4v) is 4.29. The Bertz CT molecular complexity index is 899. The SMILES string of the molecule is COc1ccc(Nc2ccccc2C(=O)NCCN2CCS(=O)(=O)CC2)cc1. The normalized spacial score (nSPS) is 16.3. The molecule has 1 aliphatic rings. The van der Waals surface area contributed by atoms with E-state index in [9.17, 15) is 13.2 Å². The molecule has 0 atom stereocenters. The number of hydrogen-bond donors (Lipinski definition) is 2. The van der Waals surface area contributed by atoms with Crippen LogP contribution in [0.4, 0.5) is 11.4 Å². The molecule has 1 fully saturated rings. The lowest BCUT2D eigenvalue weighted by atomic mass is 10.1. The number of nitrogens with zero attached hydrogens (tertiary/aromatic N) is 1. The standard InChI is InChI=1S/C20H25N3O4S/c1-27-17-8-6-16(7-9-17)22-19-5-3-2-4-18(19)20(24)21-10-11-23-12-14-28(25,26)15-13-23/h2-9,22H,10-15H2,1H3,(H,21,24). The Morgan fingerprint density at radius 2 is 1.75 bits per heavy atom. The molecule has 0 aromatic heterocycles. The third-order valence-electron chi connectivity index (χ3n) is 4.69. The third kappa shape index (κ3) is 5.46. The van der Waals surface area contributed by atoms with E-state index in [1.165, 1.54) is 0 Å². The van der Waals surface area contributed by atoms with Gasteiger partial charge in [0.1, 0.15) is 5.75 Å². The van der Waals surface area contributed by atoms with Crippen LogP contribution in [0, 0.1) is 0 Å². The lowest BCUT2D eigenvalue weighted by molar-refractivity contribution is 0.0949. The zero-order chi connectivity index (χ0) is 20.0. The van der Waals surface area contributed by atoms with Crippen LogP contribution in [0.25, 0.3) is 0 Å². The number of benzene rings is 2. The predicted octanol–water partition coefficient (Wildman–Crippen LogP) is 1.90. The van der Waals surface area contributed by atoms with Gasteiger partial charge in [-0.1, -0.05) is 12.1 Å². The third-order valence-corrected chi connectivity index (χ3v) is 6.30. The minimum atomic E-state index is -2.89. The summed E-state index contributed by atoms with van der Waals surface area (Å²) in [7, 11) is -1.27. The summed E-state index contributed by atoms with van der Waals surface area (Å²) in [6.07, 6.45) is 0. The summed E-state index contributed by atoms with van der Waals surface area (Å²) in [5, 5.41) is 6.18. The van der Waals surface area contributed by atoms with Crippen molar-refractivity contribution in [3.63, 3.8) is 0 Å². The van der Waals surface area contributed by atoms with E-state index in [0.29, 0.717) is 37.4 Å². The van der Waals surface area contributed by atoms with Gasteiger partial charge in [0.25, 0.3) is 5.91 Å². The molecule has 2 N–H and O–H groups in total. The highest BCUT2D eigenvalue weighted by Crippen LogP contribution is 2.22. The van der Waals surface area contributed by atoms with Crippen molar-refractivity contribution in [1.82, 2.24) is 10.2 Å². The van der Waals surface area contributed by atoms with E-state index < -0.39 is 9.84 Å². The Morgan fingerprint density at radius 3 is 2.43 bits per heavy atom. The number of carbonyl (C=O) groups is 1. The number of para-hydroxylation sites is 1. The summed E-state index contributed by atoms with van der Waals surface area (Å²) in [5.41, 5.74) is 2.13. The molecule has 1 aliphatic heterocycles. The van der Waals surface area contributed by atoms with Gasteiger partial charge in [-0.3, -0.25) is 9.69 Å². The van der Waals surface area contributed by atoms with E-state index in [2.05, 4.69) is 15.5 Å². The molecule has 7 nitrogen and oxygen atoms in total. The van der Waals surface area contributed by atoms with Crippen molar-refractivity contribution in [2.24, 2.45) is 0 Å². The van der Waals surface area contributed by atoms with Gasteiger partial charge in [0, 0.05) is 31.9 Å². The number of ether oxygens (including phenoxy) is 1. The second-order valence-electron chi connectivity index (χ2n) is 6.65. The maximum atomic E-state index is 12.6. The smallest absolute Gasteiger partial charge is 0.253 e. The second kappa shape index (κ2) is 9.07. The molecule has 0 radical (unpaired) electrons.